The fraction of sp³-hybridized carbons (Fsp3) is 0.385. The van der Waals surface area contributed by atoms with Crippen molar-refractivity contribution in [1.82, 2.24) is 19.7 Å². The van der Waals surface area contributed by atoms with Crippen molar-refractivity contribution < 1.29 is 9.90 Å². The Morgan fingerprint density at radius 3 is 2.95 bits per heavy atom. The lowest BCUT2D eigenvalue weighted by atomic mass is 10.2. The molecule has 0 radical (unpaired) electrons. The Morgan fingerprint density at radius 2 is 2.14 bits per heavy atom. The van der Waals surface area contributed by atoms with E-state index >= 15 is 0 Å². The van der Waals surface area contributed by atoms with Gasteiger partial charge in [0.25, 0.3) is 0 Å². The lowest BCUT2D eigenvalue weighted by Crippen LogP contribution is -2.03. The molecule has 0 saturated carbocycles. The first kappa shape index (κ1) is 14.3. The Morgan fingerprint density at radius 1 is 1.29 bits per heavy atom. The van der Waals surface area contributed by atoms with E-state index in [1.54, 1.807) is 0 Å². The summed E-state index contributed by atoms with van der Waals surface area (Å²) in [6, 6.07) is 2.83. The molecule has 0 aliphatic carbocycles. The summed E-state index contributed by atoms with van der Waals surface area (Å²) in [5, 5.41) is 18.9. The van der Waals surface area contributed by atoms with Crippen LogP contribution in [0.5, 0.6) is 0 Å². The molecule has 0 saturated heterocycles. The molecule has 3 rings (SSSR count). The van der Waals surface area contributed by atoms with Crippen molar-refractivity contribution in [1.29, 1.82) is 0 Å². The van der Waals surface area contributed by atoms with Crippen molar-refractivity contribution >= 4 is 29.3 Å². The summed E-state index contributed by atoms with van der Waals surface area (Å²) in [5.41, 5.74) is 0.119. The largest absolute Gasteiger partial charge is 0.478 e. The number of carboxylic acid groups (broad SMARTS) is 1. The lowest BCUT2D eigenvalue weighted by molar-refractivity contribution is 0.0696. The fourth-order valence-electron chi connectivity index (χ4n) is 2.28. The number of halogens is 1. The number of rotatable bonds is 3. The minimum atomic E-state index is -1.03. The maximum atomic E-state index is 11.1. The van der Waals surface area contributed by atoms with Gasteiger partial charge in [0.15, 0.2) is 5.16 Å². The summed E-state index contributed by atoms with van der Waals surface area (Å²) in [7, 11) is 0. The molecule has 0 fully saturated rings. The van der Waals surface area contributed by atoms with Gasteiger partial charge in [-0.3, -0.25) is 0 Å². The zero-order valence-electron chi connectivity index (χ0n) is 11.1. The standard InChI is InChI=1S/C13H13ClN4O2S/c14-9-6-8(12(19)20)7-11(15-9)21-13-17-16-10-4-2-1-3-5-18(10)13/h6-7H,1-5H2,(H,19,20). The Hall–Kier alpha value is -1.60. The van der Waals surface area contributed by atoms with Gasteiger partial charge >= 0.3 is 5.97 Å². The average Bonchev–Trinajstić information content (AvgIpc) is 2.68. The number of carboxylic acids is 1. The molecule has 0 bridgehead atoms. The normalized spacial score (nSPS) is 14.5. The van der Waals surface area contributed by atoms with Crippen LogP contribution in [0.2, 0.25) is 5.15 Å². The van der Waals surface area contributed by atoms with Crippen LogP contribution in [-0.2, 0) is 13.0 Å². The van der Waals surface area contributed by atoms with Crippen LogP contribution in [0, 0.1) is 0 Å². The summed E-state index contributed by atoms with van der Waals surface area (Å²) in [4.78, 5) is 15.2. The van der Waals surface area contributed by atoms with E-state index in [0.717, 1.165) is 36.8 Å². The van der Waals surface area contributed by atoms with Crippen LogP contribution in [-0.4, -0.2) is 30.8 Å². The summed E-state index contributed by atoms with van der Waals surface area (Å²) in [6.45, 7) is 0.886. The molecule has 8 heteroatoms. The van der Waals surface area contributed by atoms with Crippen LogP contribution < -0.4 is 0 Å². The van der Waals surface area contributed by atoms with Gasteiger partial charge in [-0.15, -0.1) is 10.2 Å². The van der Waals surface area contributed by atoms with E-state index in [9.17, 15) is 4.79 Å². The SMILES string of the molecule is O=C(O)c1cc(Cl)nc(Sc2nnc3n2CCCCC3)c1. The van der Waals surface area contributed by atoms with E-state index in [4.69, 9.17) is 16.7 Å². The minimum Gasteiger partial charge on any atom is -0.478 e. The summed E-state index contributed by atoms with van der Waals surface area (Å²) < 4.78 is 2.08. The lowest BCUT2D eigenvalue weighted by Gasteiger charge is -2.06. The van der Waals surface area contributed by atoms with E-state index < -0.39 is 5.97 Å². The molecule has 110 valence electrons. The van der Waals surface area contributed by atoms with Crippen LogP contribution >= 0.6 is 23.4 Å². The number of carbonyl (C=O) groups is 1. The van der Waals surface area contributed by atoms with Gasteiger partial charge in [-0.2, -0.15) is 0 Å². The molecule has 0 aromatic carbocycles. The third kappa shape index (κ3) is 3.19. The van der Waals surface area contributed by atoms with Crippen molar-refractivity contribution in [3.8, 4) is 0 Å². The van der Waals surface area contributed by atoms with Crippen LogP contribution in [0.25, 0.3) is 0 Å². The molecule has 6 nitrogen and oxygen atoms in total. The number of nitrogens with zero attached hydrogens (tertiary/aromatic N) is 4. The van der Waals surface area contributed by atoms with E-state index in [1.807, 2.05) is 0 Å². The van der Waals surface area contributed by atoms with Gasteiger partial charge in [0.05, 0.1) is 5.56 Å². The molecule has 2 aromatic rings. The first-order valence-electron chi connectivity index (χ1n) is 6.64. The number of hydrogen-bond donors (Lipinski definition) is 1. The Balaban J connectivity index is 1.90. The number of aromatic nitrogens is 4. The molecule has 0 amide bonds. The summed E-state index contributed by atoms with van der Waals surface area (Å²) in [6.07, 6.45) is 4.34. The maximum Gasteiger partial charge on any atom is 0.335 e. The monoisotopic (exact) mass is 324 g/mol. The fourth-order valence-corrected chi connectivity index (χ4v) is 3.44. The van der Waals surface area contributed by atoms with Gasteiger partial charge in [0.2, 0.25) is 0 Å². The van der Waals surface area contributed by atoms with Crippen molar-refractivity contribution in [2.24, 2.45) is 0 Å². The first-order valence-corrected chi connectivity index (χ1v) is 7.84. The molecule has 1 N–H and O–H groups in total. The first-order chi connectivity index (χ1) is 10.1. The molecule has 1 aliphatic rings. The van der Waals surface area contributed by atoms with Gasteiger partial charge in [-0.1, -0.05) is 18.0 Å². The average molecular weight is 325 g/mol. The number of fused-ring (bicyclic) bond motifs is 1. The molecule has 1 aliphatic heterocycles. The zero-order valence-corrected chi connectivity index (χ0v) is 12.7. The molecule has 0 atom stereocenters. The number of aryl methyl sites for hydroxylation is 1. The van der Waals surface area contributed by atoms with Gasteiger partial charge in [0, 0.05) is 13.0 Å². The molecule has 0 spiro atoms. The molecule has 3 heterocycles. The highest BCUT2D eigenvalue weighted by atomic mass is 35.5. The minimum absolute atomic E-state index is 0.119. The van der Waals surface area contributed by atoms with Crippen molar-refractivity contribution in [2.45, 2.75) is 42.4 Å². The van der Waals surface area contributed by atoms with E-state index in [1.165, 1.54) is 30.3 Å². The predicted octanol–water partition coefficient (Wildman–Crippen LogP) is 2.90. The zero-order chi connectivity index (χ0) is 14.8. The number of aromatic carboxylic acids is 1. The van der Waals surface area contributed by atoms with E-state index in [0.29, 0.717) is 5.03 Å². The van der Waals surface area contributed by atoms with Crippen LogP contribution in [0.1, 0.15) is 35.4 Å². The Labute approximate surface area is 130 Å². The van der Waals surface area contributed by atoms with Gasteiger partial charge in [-0.05, 0) is 36.7 Å². The van der Waals surface area contributed by atoms with E-state index in [2.05, 4.69) is 19.7 Å². The molecule has 0 unspecified atom stereocenters. The molecular weight excluding hydrogens is 312 g/mol. The second-order valence-electron chi connectivity index (χ2n) is 4.79. The third-order valence-corrected chi connectivity index (χ3v) is 4.39. The number of hydrogen-bond acceptors (Lipinski definition) is 5. The van der Waals surface area contributed by atoms with Crippen molar-refractivity contribution in [3.05, 3.63) is 28.7 Å². The molecule has 2 aromatic heterocycles. The summed E-state index contributed by atoms with van der Waals surface area (Å²) >= 11 is 7.17. The highest BCUT2D eigenvalue weighted by Crippen LogP contribution is 2.29. The van der Waals surface area contributed by atoms with Crippen LogP contribution in [0.3, 0.4) is 0 Å². The second-order valence-corrected chi connectivity index (χ2v) is 6.16. The van der Waals surface area contributed by atoms with Gasteiger partial charge in [0.1, 0.15) is 16.0 Å². The van der Waals surface area contributed by atoms with Crippen LogP contribution in [0.15, 0.2) is 22.3 Å². The predicted molar refractivity (Wildman–Crippen MR) is 77.9 cm³/mol. The quantitative estimate of drug-likeness (QED) is 0.874. The smallest absolute Gasteiger partial charge is 0.335 e. The Bertz CT molecular complexity index is 689. The van der Waals surface area contributed by atoms with Crippen molar-refractivity contribution in [3.63, 3.8) is 0 Å². The number of pyridine rings is 1. The van der Waals surface area contributed by atoms with Crippen molar-refractivity contribution in [2.75, 3.05) is 0 Å². The molecule has 21 heavy (non-hydrogen) atoms. The second kappa shape index (κ2) is 6.03. The molecular formula is C13H13ClN4O2S. The third-order valence-electron chi connectivity index (χ3n) is 3.29. The summed E-state index contributed by atoms with van der Waals surface area (Å²) in [5.74, 6) is -0.0447. The maximum absolute atomic E-state index is 11.1. The van der Waals surface area contributed by atoms with Gasteiger partial charge in [-0.25, -0.2) is 9.78 Å². The highest BCUT2D eigenvalue weighted by Gasteiger charge is 2.17. The Kier molecular flexibility index (Phi) is 4.12. The topological polar surface area (TPSA) is 80.9 Å². The van der Waals surface area contributed by atoms with E-state index in [-0.39, 0.29) is 10.7 Å². The van der Waals surface area contributed by atoms with Gasteiger partial charge < -0.3 is 9.67 Å². The highest BCUT2D eigenvalue weighted by molar-refractivity contribution is 7.99. The van der Waals surface area contributed by atoms with Crippen LogP contribution in [0.4, 0.5) is 0 Å².